The molecule has 0 saturated carbocycles. The van der Waals surface area contributed by atoms with Crippen LogP contribution in [0.5, 0.6) is 0 Å². The summed E-state index contributed by atoms with van der Waals surface area (Å²) in [4.78, 5) is 0.404. The molecule has 1 aromatic carbocycles. The standard InChI is InChI=1S/C12H17BrN2OS/c1-3-9(7-16-2)15-11-5-4-8(12(14)17)6-10(11)13/h4-6,9,15H,3,7H2,1-2H3,(H2,14,17). The van der Waals surface area contributed by atoms with E-state index in [0.29, 0.717) is 17.6 Å². The molecule has 0 bridgehead atoms. The lowest BCUT2D eigenvalue weighted by atomic mass is 10.1. The Labute approximate surface area is 116 Å². The molecule has 0 saturated heterocycles. The minimum Gasteiger partial charge on any atom is -0.389 e. The van der Waals surface area contributed by atoms with E-state index in [-0.39, 0.29) is 0 Å². The van der Waals surface area contributed by atoms with Gasteiger partial charge in [-0.05, 0) is 40.5 Å². The quantitative estimate of drug-likeness (QED) is 0.792. The Kier molecular flexibility index (Phi) is 5.88. The fraction of sp³-hybridized carbons (Fsp3) is 0.417. The fourth-order valence-corrected chi connectivity index (χ4v) is 2.09. The van der Waals surface area contributed by atoms with Crippen LogP contribution in [0.4, 0.5) is 5.69 Å². The summed E-state index contributed by atoms with van der Waals surface area (Å²) in [5.74, 6) is 0. The van der Waals surface area contributed by atoms with Gasteiger partial charge in [0.2, 0.25) is 0 Å². The van der Waals surface area contributed by atoms with Crippen molar-refractivity contribution < 1.29 is 4.74 Å². The van der Waals surface area contributed by atoms with E-state index in [9.17, 15) is 0 Å². The van der Waals surface area contributed by atoms with Crippen LogP contribution in [-0.4, -0.2) is 24.7 Å². The lowest BCUT2D eigenvalue weighted by molar-refractivity contribution is 0.184. The Morgan fingerprint density at radius 1 is 1.59 bits per heavy atom. The molecule has 3 nitrogen and oxygen atoms in total. The van der Waals surface area contributed by atoms with Crippen molar-refractivity contribution in [2.24, 2.45) is 5.73 Å². The first kappa shape index (κ1) is 14.4. The van der Waals surface area contributed by atoms with Crippen molar-refractivity contribution in [3.8, 4) is 0 Å². The Bertz CT molecular complexity index is 398. The molecule has 0 radical (unpaired) electrons. The topological polar surface area (TPSA) is 47.3 Å². The summed E-state index contributed by atoms with van der Waals surface area (Å²) in [5, 5.41) is 3.41. The Balaban J connectivity index is 2.81. The molecule has 0 aromatic heterocycles. The van der Waals surface area contributed by atoms with Crippen LogP contribution in [0.2, 0.25) is 0 Å². The molecule has 5 heteroatoms. The largest absolute Gasteiger partial charge is 0.389 e. The van der Waals surface area contributed by atoms with Crippen LogP contribution in [0.25, 0.3) is 0 Å². The van der Waals surface area contributed by atoms with Gasteiger partial charge in [0.1, 0.15) is 4.99 Å². The predicted octanol–water partition coefficient (Wildman–Crippen LogP) is 2.92. The van der Waals surface area contributed by atoms with E-state index >= 15 is 0 Å². The number of hydrogen-bond donors (Lipinski definition) is 2. The normalized spacial score (nSPS) is 12.2. The van der Waals surface area contributed by atoms with Crippen LogP contribution in [0.1, 0.15) is 18.9 Å². The zero-order valence-corrected chi connectivity index (χ0v) is 12.4. The van der Waals surface area contributed by atoms with Crippen molar-refractivity contribution >= 4 is 38.8 Å². The first-order chi connectivity index (χ1) is 8.08. The average molecular weight is 317 g/mol. The Morgan fingerprint density at radius 2 is 2.29 bits per heavy atom. The van der Waals surface area contributed by atoms with Crippen molar-refractivity contribution in [2.45, 2.75) is 19.4 Å². The molecule has 0 aliphatic heterocycles. The number of hydrogen-bond acceptors (Lipinski definition) is 3. The van der Waals surface area contributed by atoms with Crippen molar-refractivity contribution in [1.82, 2.24) is 0 Å². The first-order valence-corrected chi connectivity index (χ1v) is 6.63. The maximum Gasteiger partial charge on any atom is 0.104 e. The second-order valence-electron chi connectivity index (χ2n) is 3.76. The van der Waals surface area contributed by atoms with Gasteiger partial charge in [0.05, 0.1) is 6.61 Å². The number of anilines is 1. The Morgan fingerprint density at radius 3 is 2.76 bits per heavy atom. The lowest BCUT2D eigenvalue weighted by Gasteiger charge is -2.18. The SMILES string of the molecule is CCC(COC)Nc1ccc(C(N)=S)cc1Br. The van der Waals surface area contributed by atoms with E-state index in [4.69, 9.17) is 22.7 Å². The van der Waals surface area contributed by atoms with E-state index in [1.807, 2.05) is 18.2 Å². The zero-order chi connectivity index (χ0) is 12.8. The van der Waals surface area contributed by atoms with Crippen LogP contribution >= 0.6 is 28.1 Å². The number of rotatable bonds is 6. The molecule has 1 unspecified atom stereocenters. The van der Waals surface area contributed by atoms with E-state index in [0.717, 1.165) is 22.1 Å². The molecule has 0 fully saturated rings. The highest BCUT2D eigenvalue weighted by atomic mass is 79.9. The highest BCUT2D eigenvalue weighted by molar-refractivity contribution is 9.10. The summed E-state index contributed by atoms with van der Waals surface area (Å²) >= 11 is 8.44. The van der Waals surface area contributed by atoms with Gasteiger partial charge in [-0.2, -0.15) is 0 Å². The van der Waals surface area contributed by atoms with Crippen molar-refractivity contribution in [3.63, 3.8) is 0 Å². The summed E-state index contributed by atoms with van der Waals surface area (Å²) in [7, 11) is 1.70. The molecule has 0 aliphatic carbocycles. The van der Waals surface area contributed by atoms with Gasteiger partial charge in [-0.1, -0.05) is 19.1 Å². The van der Waals surface area contributed by atoms with Crippen molar-refractivity contribution in [1.29, 1.82) is 0 Å². The third kappa shape index (κ3) is 4.26. The summed E-state index contributed by atoms with van der Waals surface area (Å²) in [6, 6.07) is 6.10. The first-order valence-electron chi connectivity index (χ1n) is 5.43. The van der Waals surface area contributed by atoms with E-state index in [2.05, 4.69) is 28.2 Å². The predicted molar refractivity (Wildman–Crippen MR) is 79.6 cm³/mol. The molecule has 0 spiro atoms. The monoisotopic (exact) mass is 316 g/mol. The molecule has 3 N–H and O–H groups in total. The number of benzene rings is 1. The second-order valence-corrected chi connectivity index (χ2v) is 5.06. The van der Waals surface area contributed by atoms with Crippen molar-refractivity contribution in [2.75, 3.05) is 19.0 Å². The van der Waals surface area contributed by atoms with Gasteiger partial charge in [0, 0.05) is 28.9 Å². The minimum atomic E-state index is 0.298. The molecule has 0 aliphatic rings. The molecular weight excluding hydrogens is 300 g/mol. The summed E-state index contributed by atoms with van der Waals surface area (Å²) in [6.07, 6.45) is 0.997. The maximum atomic E-state index is 5.58. The van der Waals surface area contributed by atoms with Gasteiger partial charge in [-0.3, -0.25) is 0 Å². The third-order valence-corrected chi connectivity index (χ3v) is 3.37. The highest BCUT2D eigenvalue weighted by Gasteiger charge is 2.08. The van der Waals surface area contributed by atoms with Gasteiger partial charge in [0.25, 0.3) is 0 Å². The number of halogens is 1. The summed E-state index contributed by atoms with van der Waals surface area (Å²) in [6.45, 7) is 2.80. The molecule has 0 heterocycles. The van der Waals surface area contributed by atoms with Crippen LogP contribution < -0.4 is 11.1 Å². The van der Waals surface area contributed by atoms with Crippen LogP contribution in [0.15, 0.2) is 22.7 Å². The molecule has 17 heavy (non-hydrogen) atoms. The summed E-state index contributed by atoms with van der Waals surface area (Å²) < 4.78 is 6.11. The van der Waals surface area contributed by atoms with Gasteiger partial charge in [-0.25, -0.2) is 0 Å². The zero-order valence-electron chi connectivity index (χ0n) is 10.00. The van der Waals surface area contributed by atoms with Gasteiger partial charge in [-0.15, -0.1) is 0 Å². The van der Waals surface area contributed by atoms with E-state index in [1.165, 1.54) is 0 Å². The minimum absolute atomic E-state index is 0.298. The molecule has 1 rings (SSSR count). The van der Waals surface area contributed by atoms with Crippen molar-refractivity contribution in [3.05, 3.63) is 28.2 Å². The van der Waals surface area contributed by atoms with Crippen LogP contribution in [0, 0.1) is 0 Å². The highest BCUT2D eigenvalue weighted by Crippen LogP contribution is 2.24. The Hall–Kier alpha value is -0.650. The smallest absolute Gasteiger partial charge is 0.104 e. The lowest BCUT2D eigenvalue weighted by Crippen LogP contribution is -2.24. The second kappa shape index (κ2) is 6.93. The third-order valence-electron chi connectivity index (χ3n) is 2.47. The molecule has 0 amide bonds. The maximum absolute atomic E-state index is 5.58. The van der Waals surface area contributed by atoms with Crippen LogP contribution in [0.3, 0.4) is 0 Å². The number of ether oxygens (including phenoxy) is 1. The number of thiocarbonyl (C=S) groups is 1. The van der Waals surface area contributed by atoms with Gasteiger partial charge in [0.15, 0.2) is 0 Å². The molecule has 1 aromatic rings. The van der Waals surface area contributed by atoms with Gasteiger partial charge >= 0.3 is 0 Å². The number of nitrogens with two attached hydrogens (primary N) is 1. The molecule has 1 atom stereocenters. The fourth-order valence-electron chi connectivity index (χ4n) is 1.47. The van der Waals surface area contributed by atoms with Gasteiger partial charge < -0.3 is 15.8 Å². The van der Waals surface area contributed by atoms with E-state index in [1.54, 1.807) is 7.11 Å². The number of methoxy groups -OCH3 is 1. The van der Waals surface area contributed by atoms with E-state index < -0.39 is 0 Å². The average Bonchev–Trinajstić information content (AvgIpc) is 2.30. The van der Waals surface area contributed by atoms with Crippen LogP contribution in [-0.2, 0) is 4.74 Å². The molecular formula is C12H17BrN2OS. The molecule has 94 valence electrons. The summed E-state index contributed by atoms with van der Waals surface area (Å²) in [5.41, 5.74) is 7.46. The number of nitrogens with one attached hydrogen (secondary N) is 1.